The van der Waals surface area contributed by atoms with Crippen LogP contribution in [0.25, 0.3) is 10.8 Å². The first-order valence-electron chi connectivity index (χ1n) is 18.5. The Morgan fingerprint density at radius 2 is 1.63 bits per heavy atom. The lowest BCUT2D eigenvalue weighted by Gasteiger charge is -2.64. The third-order valence-corrected chi connectivity index (χ3v) is 11.7. The van der Waals surface area contributed by atoms with Crippen molar-refractivity contribution in [1.82, 2.24) is 25.9 Å². The summed E-state index contributed by atoms with van der Waals surface area (Å²) in [6, 6.07) is 20.9. The number of benzene rings is 3. The summed E-state index contributed by atoms with van der Waals surface area (Å²) in [6.45, 7) is 11.1. The zero-order chi connectivity index (χ0) is 36.6. The van der Waals surface area contributed by atoms with Gasteiger partial charge in [0.25, 0.3) is 5.91 Å². The fourth-order valence-corrected chi connectivity index (χ4v) is 8.72. The van der Waals surface area contributed by atoms with Crippen molar-refractivity contribution in [2.24, 2.45) is 23.2 Å². The minimum absolute atomic E-state index is 0.0266. The maximum atomic E-state index is 14.4. The Morgan fingerprint density at radius 3 is 2.35 bits per heavy atom. The van der Waals surface area contributed by atoms with E-state index in [2.05, 4.69) is 60.5 Å². The summed E-state index contributed by atoms with van der Waals surface area (Å²) >= 11 is 0. The summed E-state index contributed by atoms with van der Waals surface area (Å²) < 4.78 is 13.5. The van der Waals surface area contributed by atoms with Crippen molar-refractivity contribution in [3.05, 3.63) is 108 Å². The fraction of sp³-hybridized carbons (Fsp3) is 0.439. The largest absolute Gasteiger partial charge is 0.481 e. The first kappa shape index (κ1) is 35.8. The topological polar surface area (TPSA) is 132 Å². The van der Waals surface area contributed by atoms with Gasteiger partial charge < -0.3 is 25.3 Å². The molecule has 3 amide bonds. The van der Waals surface area contributed by atoms with Crippen LogP contribution >= 0.6 is 0 Å². The number of amides is 3. The molecule has 11 heteroatoms. The van der Waals surface area contributed by atoms with Gasteiger partial charge in [-0.2, -0.15) is 0 Å². The standard InChI is InChI=1S/C41H48BN5O5/c1-25(2)19-35(42-51-34-23-30-22-33(40(30,3)4)41(34,5)52-42)46-37(48)31(20-26-11-7-6-8-12-26)45-39(50)36(47-38(49)32-24-43-17-18-44-32)29-16-15-27-13-9-10-14-28(27)21-29/h6-18,21,24-25,30-31,33-36H,19-20,22-23H2,1-5H3,(H,45,50)(H,46,48)(H,47,49)/t30-,31-,33?,34+,35-,36-,41-/m0/s1. The number of rotatable bonds is 12. The molecule has 1 aromatic heterocycles. The molecule has 4 fully saturated rings. The number of hydrogen-bond acceptors (Lipinski definition) is 7. The predicted octanol–water partition coefficient (Wildman–Crippen LogP) is 5.63. The Balaban J connectivity index is 1.16. The van der Waals surface area contributed by atoms with Gasteiger partial charge in [0, 0.05) is 18.8 Å². The van der Waals surface area contributed by atoms with Gasteiger partial charge in [-0.3, -0.25) is 19.4 Å². The van der Waals surface area contributed by atoms with Crippen LogP contribution in [0.5, 0.6) is 0 Å². The number of fused-ring (bicyclic) bond motifs is 1. The van der Waals surface area contributed by atoms with Crippen LogP contribution < -0.4 is 16.0 Å². The summed E-state index contributed by atoms with van der Waals surface area (Å²) in [5.74, 6) is -0.638. The van der Waals surface area contributed by atoms with Gasteiger partial charge in [-0.15, -0.1) is 0 Å². The van der Waals surface area contributed by atoms with Crippen molar-refractivity contribution in [2.45, 2.75) is 90.0 Å². The van der Waals surface area contributed by atoms with Crippen LogP contribution in [-0.2, 0) is 25.3 Å². The van der Waals surface area contributed by atoms with E-state index in [9.17, 15) is 14.4 Å². The fourth-order valence-electron chi connectivity index (χ4n) is 8.72. The Bertz CT molecular complexity index is 1930. The summed E-state index contributed by atoms with van der Waals surface area (Å²) in [5, 5.41) is 11.0. The van der Waals surface area contributed by atoms with Gasteiger partial charge in [0.05, 0.1) is 23.8 Å². The monoisotopic (exact) mass is 701 g/mol. The molecule has 1 unspecified atom stereocenters. The van der Waals surface area contributed by atoms with E-state index in [4.69, 9.17) is 9.31 Å². The van der Waals surface area contributed by atoms with E-state index in [1.165, 1.54) is 18.6 Å². The number of nitrogens with zero attached hydrogens (tertiary/aromatic N) is 2. The molecule has 3 aromatic carbocycles. The lowest BCUT2D eigenvalue weighted by atomic mass is 9.43. The molecule has 0 radical (unpaired) electrons. The maximum absolute atomic E-state index is 14.4. The van der Waals surface area contributed by atoms with Crippen LogP contribution in [0.15, 0.2) is 91.4 Å². The highest BCUT2D eigenvalue weighted by Crippen LogP contribution is 2.65. The molecule has 8 rings (SSSR count). The summed E-state index contributed by atoms with van der Waals surface area (Å²) in [7, 11) is -0.610. The first-order valence-corrected chi connectivity index (χ1v) is 18.5. The second-order valence-corrected chi connectivity index (χ2v) is 15.9. The highest BCUT2D eigenvalue weighted by atomic mass is 16.7. The average Bonchev–Trinajstić information content (AvgIpc) is 3.51. The lowest BCUT2D eigenvalue weighted by molar-refractivity contribution is -0.199. The van der Waals surface area contributed by atoms with E-state index in [0.29, 0.717) is 23.8 Å². The van der Waals surface area contributed by atoms with E-state index in [0.717, 1.165) is 29.2 Å². The lowest BCUT2D eigenvalue weighted by Crippen LogP contribution is -2.65. The zero-order valence-electron chi connectivity index (χ0n) is 30.5. The number of carbonyl (C=O) groups is 3. The molecular formula is C41H48BN5O5. The molecular weight excluding hydrogens is 653 g/mol. The molecule has 1 saturated heterocycles. The second kappa shape index (κ2) is 14.4. The predicted molar refractivity (Wildman–Crippen MR) is 200 cm³/mol. The number of carbonyl (C=O) groups excluding carboxylic acids is 3. The average molecular weight is 702 g/mol. The Kier molecular flexibility index (Phi) is 9.93. The molecule has 7 atom stereocenters. The Hall–Kier alpha value is -4.61. The first-order chi connectivity index (χ1) is 24.9. The number of hydrogen-bond donors (Lipinski definition) is 3. The zero-order valence-corrected chi connectivity index (χ0v) is 30.5. The van der Waals surface area contributed by atoms with Crippen LogP contribution in [0.3, 0.4) is 0 Å². The van der Waals surface area contributed by atoms with Gasteiger partial charge in [0.2, 0.25) is 11.8 Å². The molecule has 2 bridgehead atoms. The number of nitrogens with one attached hydrogen (secondary N) is 3. The molecule has 1 aliphatic heterocycles. The third kappa shape index (κ3) is 7.08. The molecule has 3 N–H and O–H groups in total. The van der Waals surface area contributed by atoms with Gasteiger partial charge in [-0.05, 0) is 77.3 Å². The second-order valence-electron chi connectivity index (χ2n) is 15.9. The van der Waals surface area contributed by atoms with Crippen LogP contribution in [0, 0.1) is 23.2 Å². The van der Waals surface area contributed by atoms with Crippen molar-refractivity contribution in [2.75, 3.05) is 0 Å². The molecule has 0 spiro atoms. The van der Waals surface area contributed by atoms with Crippen molar-refractivity contribution in [3.8, 4) is 0 Å². The van der Waals surface area contributed by atoms with Crippen molar-refractivity contribution >= 4 is 35.6 Å². The molecule has 270 valence electrons. The normalized spacial score (nSPS) is 24.7. The molecule has 2 heterocycles. The van der Waals surface area contributed by atoms with Gasteiger partial charge in [0.15, 0.2) is 0 Å². The summed E-state index contributed by atoms with van der Waals surface area (Å²) in [4.78, 5) is 50.4. The van der Waals surface area contributed by atoms with E-state index in [1.807, 2.05) is 72.8 Å². The Morgan fingerprint density at radius 1 is 0.885 bits per heavy atom. The summed E-state index contributed by atoms with van der Waals surface area (Å²) in [5.41, 5.74) is 1.28. The van der Waals surface area contributed by atoms with E-state index in [-0.39, 0.29) is 35.5 Å². The smallest absolute Gasteiger partial charge is 0.404 e. The highest BCUT2D eigenvalue weighted by molar-refractivity contribution is 6.48. The van der Waals surface area contributed by atoms with Crippen molar-refractivity contribution in [1.29, 1.82) is 0 Å². The van der Waals surface area contributed by atoms with E-state index >= 15 is 0 Å². The van der Waals surface area contributed by atoms with Crippen molar-refractivity contribution < 1.29 is 23.7 Å². The van der Waals surface area contributed by atoms with Gasteiger partial charge >= 0.3 is 7.12 Å². The highest BCUT2D eigenvalue weighted by Gasteiger charge is 2.68. The Labute approximate surface area is 306 Å². The van der Waals surface area contributed by atoms with Gasteiger partial charge in [0.1, 0.15) is 17.8 Å². The maximum Gasteiger partial charge on any atom is 0.481 e. The van der Waals surface area contributed by atoms with E-state index < -0.39 is 42.6 Å². The van der Waals surface area contributed by atoms with E-state index in [1.54, 1.807) is 0 Å². The van der Waals surface area contributed by atoms with Crippen LogP contribution in [-0.4, -0.2) is 58.5 Å². The molecule has 52 heavy (non-hydrogen) atoms. The minimum Gasteiger partial charge on any atom is -0.404 e. The molecule has 4 aliphatic rings. The quantitative estimate of drug-likeness (QED) is 0.163. The van der Waals surface area contributed by atoms with Crippen LogP contribution in [0.1, 0.15) is 81.5 Å². The summed E-state index contributed by atoms with van der Waals surface area (Å²) in [6.07, 6.45) is 7.17. The SMILES string of the molecule is CC(C)C[C@H](NC(=O)[C@H](Cc1ccccc1)NC(=O)[C@@H](NC(=O)c1cnccn1)c1ccc2ccccc2c1)B1O[C@@H]2C[C@@H]3CC(C3(C)C)[C@]2(C)O1. The molecule has 3 saturated carbocycles. The third-order valence-electron chi connectivity index (χ3n) is 11.7. The van der Waals surface area contributed by atoms with Crippen molar-refractivity contribution in [3.63, 3.8) is 0 Å². The minimum atomic E-state index is -1.13. The van der Waals surface area contributed by atoms with Gasteiger partial charge in [-0.1, -0.05) is 94.4 Å². The van der Waals surface area contributed by atoms with Crippen LogP contribution in [0.2, 0.25) is 0 Å². The van der Waals surface area contributed by atoms with Gasteiger partial charge in [-0.25, -0.2) is 4.98 Å². The molecule has 10 nitrogen and oxygen atoms in total. The molecule has 4 aromatic rings. The molecule has 3 aliphatic carbocycles. The van der Waals surface area contributed by atoms with Crippen LogP contribution in [0.4, 0.5) is 0 Å². The number of aromatic nitrogens is 2.